The van der Waals surface area contributed by atoms with E-state index in [1.807, 2.05) is 12.4 Å². The molecule has 0 aliphatic carbocycles. The van der Waals surface area contributed by atoms with Crippen LogP contribution in [0.4, 0.5) is 18.3 Å². The number of thiazole rings is 2. The number of aldehydes is 1. The summed E-state index contributed by atoms with van der Waals surface area (Å²) in [5.41, 5.74) is -2.05. The number of aliphatic hydroxyl groups excluding tert-OH is 1. The van der Waals surface area contributed by atoms with Crippen LogP contribution in [0.25, 0.3) is 10.6 Å². The first kappa shape index (κ1) is 24.8. The summed E-state index contributed by atoms with van der Waals surface area (Å²) in [5, 5.41) is 24.1. The molecule has 31 heavy (non-hydrogen) atoms. The Hall–Kier alpha value is -2.46. The Balaban J connectivity index is 0.000000225. The minimum Gasteiger partial charge on any atom is -0.389 e. The summed E-state index contributed by atoms with van der Waals surface area (Å²) >= 11 is 2.72. The number of anilines is 1. The summed E-state index contributed by atoms with van der Waals surface area (Å²) in [6.07, 6.45) is 1.18. The Morgan fingerprint density at radius 2 is 2.00 bits per heavy atom. The lowest BCUT2D eigenvalue weighted by atomic mass is 10.2. The monoisotopic (exact) mass is 486 g/mol. The predicted molar refractivity (Wildman–Crippen MR) is 116 cm³/mol. The molecule has 0 bridgehead atoms. The molecule has 2 aromatic heterocycles. The molecule has 0 saturated carbocycles. The standard InChI is InChI=1S/C10H10N4OS2.C9H7F3OS/c1-12-10-14-7(5-16-10)9-6(2-3-11)13-8(4-15)17-9;10-9(11,12)14-8-3-1-7(2-4-8)5-6-13/h5,15H,2,4H2,1H3,(H,12,14);1-4,6H,5H2. The number of rotatable bonds is 7. The van der Waals surface area contributed by atoms with Gasteiger partial charge < -0.3 is 15.2 Å². The lowest BCUT2D eigenvalue weighted by molar-refractivity contribution is -0.107. The van der Waals surface area contributed by atoms with Crippen molar-refractivity contribution in [3.8, 4) is 16.6 Å². The maximum Gasteiger partial charge on any atom is 0.446 e. The third-order valence-electron chi connectivity index (χ3n) is 3.55. The van der Waals surface area contributed by atoms with Crippen LogP contribution in [0.1, 0.15) is 16.3 Å². The molecule has 0 saturated heterocycles. The van der Waals surface area contributed by atoms with Crippen molar-refractivity contribution in [2.45, 2.75) is 29.9 Å². The van der Waals surface area contributed by atoms with E-state index in [-0.39, 0.29) is 36.1 Å². The molecular formula is C19H17F3N4O2S3. The maximum atomic E-state index is 11.9. The summed E-state index contributed by atoms with van der Waals surface area (Å²) in [7, 11) is 1.81. The second-order valence-electron chi connectivity index (χ2n) is 5.73. The van der Waals surface area contributed by atoms with E-state index in [1.165, 1.54) is 46.9 Å². The average Bonchev–Trinajstić information content (AvgIpc) is 3.36. The van der Waals surface area contributed by atoms with Crippen molar-refractivity contribution >= 4 is 45.9 Å². The molecule has 6 nitrogen and oxygen atoms in total. The number of hydrogen-bond donors (Lipinski definition) is 2. The van der Waals surface area contributed by atoms with E-state index in [0.717, 1.165) is 15.7 Å². The molecule has 3 rings (SSSR count). The number of nitrogens with one attached hydrogen (secondary N) is 1. The van der Waals surface area contributed by atoms with Crippen LogP contribution in [0.5, 0.6) is 0 Å². The first-order valence-electron chi connectivity index (χ1n) is 8.68. The number of aromatic nitrogens is 2. The van der Waals surface area contributed by atoms with Gasteiger partial charge >= 0.3 is 5.51 Å². The highest BCUT2D eigenvalue weighted by molar-refractivity contribution is 8.00. The van der Waals surface area contributed by atoms with Crippen LogP contribution in [-0.2, 0) is 24.2 Å². The number of halogens is 3. The molecule has 2 heterocycles. The van der Waals surface area contributed by atoms with Crippen molar-refractivity contribution in [3.63, 3.8) is 0 Å². The Labute approximate surface area is 188 Å². The highest BCUT2D eigenvalue weighted by atomic mass is 32.2. The highest BCUT2D eigenvalue weighted by Crippen LogP contribution is 2.36. The lowest BCUT2D eigenvalue weighted by Crippen LogP contribution is -1.98. The summed E-state index contributed by atoms with van der Waals surface area (Å²) in [6, 6.07) is 7.82. The van der Waals surface area contributed by atoms with Crippen molar-refractivity contribution in [2.24, 2.45) is 0 Å². The van der Waals surface area contributed by atoms with E-state index in [9.17, 15) is 18.0 Å². The topological polar surface area (TPSA) is 98.9 Å². The number of benzene rings is 1. The molecule has 164 valence electrons. The Kier molecular flexibility index (Phi) is 9.44. The maximum absolute atomic E-state index is 11.9. The molecule has 0 atom stereocenters. The Morgan fingerprint density at radius 1 is 1.29 bits per heavy atom. The van der Waals surface area contributed by atoms with E-state index in [2.05, 4.69) is 21.4 Å². The molecule has 0 aliphatic rings. The summed E-state index contributed by atoms with van der Waals surface area (Å²) in [5.74, 6) is 0. The molecule has 0 spiro atoms. The SMILES string of the molecule is CNc1nc(-c2sc(CO)nc2CC#N)cs1.O=CCc1ccc(SC(F)(F)F)cc1. The number of thioether (sulfide) groups is 1. The van der Waals surface area contributed by atoms with Crippen molar-refractivity contribution in [1.29, 1.82) is 5.26 Å². The van der Waals surface area contributed by atoms with Gasteiger partial charge in [-0.2, -0.15) is 18.4 Å². The number of alkyl halides is 3. The molecule has 0 fully saturated rings. The van der Waals surface area contributed by atoms with Gasteiger partial charge in [0.05, 0.1) is 35.4 Å². The summed E-state index contributed by atoms with van der Waals surface area (Å²) in [4.78, 5) is 19.7. The number of nitrogens with zero attached hydrogens (tertiary/aromatic N) is 3. The lowest BCUT2D eigenvalue weighted by Gasteiger charge is -2.05. The van der Waals surface area contributed by atoms with Crippen LogP contribution in [0.15, 0.2) is 34.5 Å². The van der Waals surface area contributed by atoms with Gasteiger partial charge in [-0.1, -0.05) is 12.1 Å². The van der Waals surface area contributed by atoms with Crippen molar-refractivity contribution in [3.05, 3.63) is 45.9 Å². The van der Waals surface area contributed by atoms with Gasteiger partial charge in [0.1, 0.15) is 11.3 Å². The van der Waals surface area contributed by atoms with Gasteiger partial charge in [-0.15, -0.1) is 22.7 Å². The number of nitriles is 1. The van der Waals surface area contributed by atoms with Gasteiger partial charge in [0.2, 0.25) is 0 Å². The van der Waals surface area contributed by atoms with E-state index in [1.54, 1.807) is 0 Å². The zero-order valence-corrected chi connectivity index (χ0v) is 18.6. The van der Waals surface area contributed by atoms with Crippen LogP contribution < -0.4 is 5.32 Å². The van der Waals surface area contributed by atoms with E-state index in [0.29, 0.717) is 22.6 Å². The Bertz CT molecular complexity index is 1030. The van der Waals surface area contributed by atoms with E-state index in [4.69, 9.17) is 10.4 Å². The van der Waals surface area contributed by atoms with Gasteiger partial charge in [0.15, 0.2) is 5.13 Å². The Morgan fingerprint density at radius 3 is 2.52 bits per heavy atom. The first-order chi connectivity index (χ1) is 14.8. The highest BCUT2D eigenvalue weighted by Gasteiger charge is 2.28. The quantitative estimate of drug-likeness (QED) is 0.362. The normalized spacial score (nSPS) is 10.7. The molecule has 0 aliphatic heterocycles. The van der Waals surface area contributed by atoms with Gasteiger partial charge in [0.25, 0.3) is 0 Å². The van der Waals surface area contributed by atoms with E-state index < -0.39 is 5.51 Å². The minimum atomic E-state index is -4.26. The van der Waals surface area contributed by atoms with Crippen molar-refractivity contribution in [1.82, 2.24) is 9.97 Å². The van der Waals surface area contributed by atoms with Crippen LogP contribution in [0, 0.1) is 11.3 Å². The third kappa shape index (κ3) is 7.95. The van der Waals surface area contributed by atoms with Crippen molar-refractivity contribution < 1.29 is 23.1 Å². The number of carbonyl (C=O) groups excluding carboxylic acids is 1. The summed E-state index contributed by atoms with van der Waals surface area (Å²) in [6.45, 7) is -0.105. The predicted octanol–water partition coefficient (Wildman–Crippen LogP) is 4.91. The van der Waals surface area contributed by atoms with Crippen LogP contribution in [0.2, 0.25) is 0 Å². The number of aliphatic hydroxyl groups is 1. The molecule has 3 aromatic rings. The molecule has 0 radical (unpaired) electrons. The third-order valence-corrected chi connectivity index (χ3v) is 6.25. The molecule has 0 amide bonds. The first-order valence-corrected chi connectivity index (χ1v) is 11.2. The van der Waals surface area contributed by atoms with Gasteiger partial charge in [0, 0.05) is 23.7 Å². The van der Waals surface area contributed by atoms with Crippen LogP contribution in [0.3, 0.4) is 0 Å². The van der Waals surface area contributed by atoms with Crippen molar-refractivity contribution in [2.75, 3.05) is 12.4 Å². The number of carbonyl (C=O) groups is 1. The zero-order chi connectivity index (χ0) is 22.9. The minimum absolute atomic E-state index is 0.105. The van der Waals surface area contributed by atoms with Gasteiger partial charge in [-0.3, -0.25) is 0 Å². The van der Waals surface area contributed by atoms with Gasteiger partial charge in [-0.25, -0.2) is 9.97 Å². The van der Waals surface area contributed by atoms with Crippen LogP contribution in [-0.4, -0.2) is 33.9 Å². The average molecular weight is 487 g/mol. The summed E-state index contributed by atoms with van der Waals surface area (Å²) < 4.78 is 35.7. The fourth-order valence-electron chi connectivity index (χ4n) is 2.28. The fourth-order valence-corrected chi connectivity index (χ4v) is 4.46. The molecule has 1 aromatic carbocycles. The molecule has 0 unspecified atom stereocenters. The van der Waals surface area contributed by atoms with Crippen LogP contribution >= 0.6 is 34.4 Å². The molecular weight excluding hydrogens is 469 g/mol. The second kappa shape index (κ2) is 11.8. The molecule has 2 N–H and O–H groups in total. The smallest absolute Gasteiger partial charge is 0.389 e. The largest absolute Gasteiger partial charge is 0.446 e. The molecule has 12 heteroatoms. The zero-order valence-electron chi connectivity index (χ0n) is 16.1. The second-order valence-corrected chi connectivity index (χ2v) is 8.81. The fraction of sp³-hybridized carbons (Fsp3) is 0.263. The van der Waals surface area contributed by atoms with E-state index >= 15 is 0 Å². The number of hydrogen-bond acceptors (Lipinski definition) is 9. The van der Waals surface area contributed by atoms with Gasteiger partial charge in [-0.05, 0) is 29.5 Å².